The van der Waals surface area contributed by atoms with Crippen molar-refractivity contribution in [3.8, 4) is 5.75 Å². The number of hydrogen-bond donors (Lipinski definition) is 2. The molecule has 1 amide bonds. The van der Waals surface area contributed by atoms with Gasteiger partial charge in [0.1, 0.15) is 24.3 Å². The Morgan fingerprint density at radius 3 is 2.59 bits per heavy atom. The maximum atomic E-state index is 12.7. The van der Waals surface area contributed by atoms with E-state index in [0.29, 0.717) is 11.7 Å². The van der Waals surface area contributed by atoms with E-state index < -0.39 is 6.10 Å². The van der Waals surface area contributed by atoms with Gasteiger partial charge in [-0.05, 0) is 55.9 Å². The molecule has 2 rings (SSSR count). The van der Waals surface area contributed by atoms with Crippen LogP contribution in [0.1, 0.15) is 32.6 Å². The minimum atomic E-state index is -0.781. The predicted molar refractivity (Wildman–Crippen MR) is 82.0 cm³/mol. The van der Waals surface area contributed by atoms with Crippen molar-refractivity contribution in [2.24, 2.45) is 11.8 Å². The van der Waals surface area contributed by atoms with Gasteiger partial charge >= 0.3 is 0 Å². The maximum absolute atomic E-state index is 12.7. The summed E-state index contributed by atoms with van der Waals surface area (Å²) in [7, 11) is 0. The van der Waals surface area contributed by atoms with E-state index in [1.165, 1.54) is 24.3 Å². The summed E-state index contributed by atoms with van der Waals surface area (Å²) in [6.07, 6.45) is 3.25. The van der Waals surface area contributed by atoms with Crippen LogP contribution in [0.25, 0.3) is 0 Å². The first-order valence-corrected chi connectivity index (χ1v) is 7.88. The molecule has 0 aliphatic heterocycles. The van der Waals surface area contributed by atoms with Crippen LogP contribution in [0, 0.1) is 17.7 Å². The lowest BCUT2D eigenvalue weighted by Crippen LogP contribution is -2.39. The zero-order chi connectivity index (χ0) is 15.9. The Balaban J connectivity index is 1.65. The number of ether oxygens (including phenoxy) is 1. The third kappa shape index (κ3) is 5.30. The Bertz CT molecular complexity index is 469. The van der Waals surface area contributed by atoms with Gasteiger partial charge in [0.05, 0.1) is 0 Å². The highest BCUT2D eigenvalue weighted by Gasteiger charge is 2.24. The van der Waals surface area contributed by atoms with Gasteiger partial charge in [0.15, 0.2) is 0 Å². The minimum absolute atomic E-state index is 0.0210. The van der Waals surface area contributed by atoms with Gasteiger partial charge in [-0.15, -0.1) is 0 Å². The Morgan fingerprint density at radius 1 is 1.32 bits per heavy atom. The third-order valence-electron chi connectivity index (χ3n) is 4.15. The molecule has 0 bridgehead atoms. The molecule has 0 saturated heterocycles. The van der Waals surface area contributed by atoms with Crippen molar-refractivity contribution in [3.63, 3.8) is 0 Å². The van der Waals surface area contributed by atoms with E-state index in [0.717, 1.165) is 25.7 Å². The Kier molecular flexibility index (Phi) is 6.19. The number of aliphatic hydroxyl groups is 1. The second-order valence-electron chi connectivity index (χ2n) is 6.12. The normalized spacial score (nSPS) is 22.9. The van der Waals surface area contributed by atoms with Crippen LogP contribution in [0.2, 0.25) is 0 Å². The maximum Gasteiger partial charge on any atom is 0.223 e. The van der Waals surface area contributed by atoms with Gasteiger partial charge in [0.25, 0.3) is 0 Å². The number of carbonyl (C=O) groups excluding carboxylic acids is 1. The van der Waals surface area contributed by atoms with E-state index in [9.17, 15) is 14.3 Å². The van der Waals surface area contributed by atoms with Crippen molar-refractivity contribution in [1.29, 1.82) is 0 Å². The first-order valence-electron chi connectivity index (χ1n) is 7.88. The summed E-state index contributed by atoms with van der Waals surface area (Å²) in [6, 6.07) is 5.61. The number of benzene rings is 1. The lowest BCUT2D eigenvalue weighted by Gasteiger charge is -2.25. The SMILES string of the molecule is CC1CCC(C(=O)NCC(O)COc2ccc(F)cc2)CC1. The third-order valence-corrected chi connectivity index (χ3v) is 4.15. The van der Waals surface area contributed by atoms with Crippen molar-refractivity contribution in [2.75, 3.05) is 13.2 Å². The summed E-state index contributed by atoms with van der Waals surface area (Å²) in [5.41, 5.74) is 0. The topological polar surface area (TPSA) is 58.6 Å². The van der Waals surface area contributed by atoms with E-state index in [-0.39, 0.29) is 30.8 Å². The van der Waals surface area contributed by atoms with Gasteiger partial charge in [0, 0.05) is 12.5 Å². The molecule has 1 unspecified atom stereocenters. The van der Waals surface area contributed by atoms with Gasteiger partial charge in [-0.1, -0.05) is 6.92 Å². The number of halogens is 1. The molecule has 1 fully saturated rings. The average Bonchev–Trinajstić information content (AvgIpc) is 2.52. The van der Waals surface area contributed by atoms with Crippen LogP contribution in [0.3, 0.4) is 0 Å². The van der Waals surface area contributed by atoms with Gasteiger partial charge in [0.2, 0.25) is 5.91 Å². The molecule has 0 spiro atoms. The van der Waals surface area contributed by atoms with Crippen LogP contribution in [0.4, 0.5) is 4.39 Å². The first-order chi connectivity index (χ1) is 10.5. The highest BCUT2D eigenvalue weighted by molar-refractivity contribution is 5.78. The number of aliphatic hydroxyl groups excluding tert-OH is 1. The fraction of sp³-hybridized carbons (Fsp3) is 0.588. The molecule has 22 heavy (non-hydrogen) atoms. The molecule has 0 heterocycles. The molecule has 0 aromatic heterocycles. The van der Waals surface area contributed by atoms with Crippen molar-refractivity contribution in [1.82, 2.24) is 5.32 Å². The minimum Gasteiger partial charge on any atom is -0.491 e. The first kappa shape index (κ1) is 16.7. The second-order valence-corrected chi connectivity index (χ2v) is 6.12. The van der Waals surface area contributed by atoms with Crippen molar-refractivity contribution in [2.45, 2.75) is 38.7 Å². The van der Waals surface area contributed by atoms with Crippen molar-refractivity contribution < 1.29 is 19.0 Å². The molecule has 1 aliphatic rings. The standard InChI is InChI=1S/C17H24FNO3/c1-12-2-4-13(5-3-12)17(21)19-10-15(20)11-22-16-8-6-14(18)7-9-16/h6-9,12-13,15,20H,2-5,10-11H2,1H3,(H,19,21). The number of hydrogen-bond acceptors (Lipinski definition) is 3. The molecular weight excluding hydrogens is 285 g/mol. The zero-order valence-electron chi connectivity index (χ0n) is 12.9. The van der Waals surface area contributed by atoms with Crippen LogP contribution >= 0.6 is 0 Å². The van der Waals surface area contributed by atoms with Crippen LogP contribution < -0.4 is 10.1 Å². The highest BCUT2D eigenvalue weighted by Crippen LogP contribution is 2.28. The van der Waals surface area contributed by atoms with Crippen LogP contribution in [0.15, 0.2) is 24.3 Å². The summed E-state index contributed by atoms with van der Waals surface area (Å²) in [6.45, 7) is 2.45. The molecule has 4 nitrogen and oxygen atoms in total. The van der Waals surface area contributed by atoms with Gasteiger partial charge in [-0.2, -0.15) is 0 Å². The Hall–Kier alpha value is -1.62. The molecule has 1 aliphatic carbocycles. The highest BCUT2D eigenvalue weighted by atomic mass is 19.1. The number of carbonyl (C=O) groups is 1. The Morgan fingerprint density at radius 2 is 1.95 bits per heavy atom. The second kappa shape index (κ2) is 8.13. The van der Waals surface area contributed by atoms with Crippen molar-refractivity contribution in [3.05, 3.63) is 30.1 Å². The number of rotatable bonds is 6. The van der Waals surface area contributed by atoms with Gasteiger partial charge in [-0.3, -0.25) is 4.79 Å². The lowest BCUT2D eigenvalue weighted by atomic mass is 9.82. The molecule has 0 radical (unpaired) electrons. The largest absolute Gasteiger partial charge is 0.491 e. The van der Waals surface area contributed by atoms with Crippen molar-refractivity contribution >= 4 is 5.91 Å². The fourth-order valence-corrected chi connectivity index (χ4v) is 2.67. The Labute approximate surface area is 130 Å². The number of nitrogens with one attached hydrogen (secondary N) is 1. The fourth-order valence-electron chi connectivity index (χ4n) is 2.67. The van der Waals surface area contributed by atoms with E-state index in [2.05, 4.69) is 12.2 Å². The monoisotopic (exact) mass is 309 g/mol. The molecule has 1 aromatic carbocycles. The lowest BCUT2D eigenvalue weighted by molar-refractivity contribution is -0.126. The molecule has 2 N–H and O–H groups in total. The molecule has 122 valence electrons. The molecule has 1 saturated carbocycles. The van der Waals surface area contributed by atoms with Gasteiger partial charge < -0.3 is 15.2 Å². The predicted octanol–water partition coefficient (Wildman–Crippen LogP) is 2.51. The van der Waals surface area contributed by atoms with E-state index in [1.54, 1.807) is 0 Å². The smallest absolute Gasteiger partial charge is 0.223 e. The van der Waals surface area contributed by atoms with Crippen LogP contribution in [-0.2, 0) is 4.79 Å². The van der Waals surface area contributed by atoms with Gasteiger partial charge in [-0.25, -0.2) is 4.39 Å². The summed E-state index contributed by atoms with van der Waals surface area (Å²) < 4.78 is 18.1. The summed E-state index contributed by atoms with van der Waals surface area (Å²) in [5.74, 6) is 0.961. The quantitative estimate of drug-likeness (QED) is 0.849. The van der Waals surface area contributed by atoms with E-state index >= 15 is 0 Å². The van der Waals surface area contributed by atoms with E-state index in [1.807, 2.05) is 0 Å². The molecule has 5 heteroatoms. The average molecular weight is 309 g/mol. The summed E-state index contributed by atoms with van der Waals surface area (Å²) in [4.78, 5) is 12.0. The number of amides is 1. The molecular formula is C17H24FNO3. The molecule has 1 aromatic rings. The molecule has 1 atom stereocenters. The van der Waals surface area contributed by atoms with Crippen LogP contribution in [-0.4, -0.2) is 30.3 Å². The van der Waals surface area contributed by atoms with E-state index in [4.69, 9.17) is 4.74 Å². The summed E-state index contributed by atoms with van der Waals surface area (Å²) in [5, 5.41) is 12.6. The zero-order valence-corrected chi connectivity index (χ0v) is 12.9. The summed E-state index contributed by atoms with van der Waals surface area (Å²) >= 11 is 0. The van der Waals surface area contributed by atoms with Crippen LogP contribution in [0.5, 0.6) is 5.75 Å².